The number of hydrogen-bond acceptors (Lipinski definition) is 6. The van der Waals surface area contributed by atoms with Gasteiger partial charge in [-0.3, -0.25) is 14.4 Å². The molecule has 7 nitrogen and oxygen atoms in total. The number of nitrogens with one attached hydrogen (secondary N) is 1. The second kappa shape index (κ2) is 9.08. The number of amides is 1. The van der Waals surface area contributed by atoms with Gasteiger partial charge < -0.3 is 19.7 Å². The summed E-state index contributed by atoms with van der Waals surface area (Å²) in [6.45, 7) is 5.59. The van der Waals surface area contributed by atoms with E-state index in [0.717, 1.165) is 16.8 Å². The summed E-state index contributed by atoms with van der Waals surface area (Å²) in [5, 5.41) is 3.05. The number of anilines is 2. The summed E-state index contributed by atoms with van der Waals surface area (Å²) in [4.78, 5) is 45.7. The van der Waals surface area contributed by atoms with Crippen LogP contribution in [0.5, 0.6) is 11.5 Å². The first kappa shape index (κ1) is 25.9. The zero-order valence-corrected chi connectivity index (χ0v) is 23.2. The van der Waals surface area contributed by atoms with E-state index in [1.807, 2.05) is 86.4 Å². The second-order valence-corrected chi connectivity index (χ2v) is 11.6. The molecule has 1 saturated heterocycles. The molecule has 0 aliphatic carbocycles. The lowest BCUT2D eigenvalue weighted by Gasteiger charge is -2.38. The molecule has 40 heavy (non-hydrogen) atoms. The Morgan fingerprint density at radius 1 is 0.925 bits per heavy atom. The SMILES string of the molecule is COc1ccc(C(=O)C2C(C(=O)C(C)(C)C)N3c4ccccc4C=CC3C23C(=O)Nc2ccccc23)cc1OC. The monoisotopic (exact) mass is 536 g/mol. The molecule has 1 N–H and O–H groups in total. The Balaban J connectivity index is 1.66. The van der Waals surface area contributed by atoms with Gasteiger partial charge in [-0.15, -0.1) is 0 Å². The van der Waals surface area contributed by atoms with Crippen LogP contribution in [0.1, 0.15) is 42.3 Å². The van der Waals surface area contributed by atoms with E-state index in [-0.39, 0.29) is 17.5 Å². The summed E-state index contributed by atoms with van der Waals surface area (Å²) in [5.74, 6) is -0.803. The first-order valence-electron chi connectivity index (χ1n) is 13.4. The van der Waals surface area contributed by atoms with Crippen LogP contribution in [0.2, 0.25) is 0 Å². The van der Waals surface area contributed by atoms with Gasteiger partial charge in [0.05, 0.1) is 26.2 Å². The van der Waals surface area contributed by atoms with Crippen molar-refractivity contribution >= 4 is 34.9 Å². The molecule has 3 aromatic rings. The van der Waals surface area contributed by atoms with Crippen molar-refractivity contribution in [3.8, 4) is 11.5 Å². The van der Waals surface area contributed by atoms with E-state index >= 15 is 0 Å². The number of methoxy groups -OCH3 is 2. The van der Waals surface area contributed by atoms with Crippen molar-refractivity contribution in [3.05, 3.63) is 89.5 Å². The van der Waals surface area contributed by atoms with Gasteiger partial charge in [0.25, 0.3) is 0 Å². The maximum Gasteiger partial charge on any atom is 0.238 e. The molecule has 4 unspecified atom stereocenters. The molecule has 4 atom stereocenters. The molecule has 3 heterocycles. The fraction of sp³-hybridized carbons (Fsp3) is 0.303. The standard InChI is InChI=1S/C33H32N2O5/c1-32(2,3)30(37)28-27(29(36)20-14-16-24(39-4)25(18-20)40-5)33(21-11-7-8-12-22(21)34-31(33)38)26-17-15-19-10-6-9-13-23(19)35(26)28/h6-18,26-28H,1-5H3,(H,34,38). The van der Waals surface area contributed by atoms with Crippen molar-refractivity contribution in [2.24, 2.45) is 11.3 Å². The Morgan fingerprint density at radius 2 is 1.62 bits per heavy atom. The number of Topliss-reactive ketones (excluding diaryl/α,β-unsaturated/α-hetero) is 2. The van der Waals surface area contributed by atoms with E-state index in [1.54, 1.807) is 18.2 Å². The summed E-state index contributed by atoms with van der Waals surface area (Å²) in [7, 11) is 3.04. The third-order valence-electron chi connectivity index (χ3n) is 8.50. The van der Waals surface area contributed by atoms with Crippen LogP contribution in [-0.4, -0.2) is 43.8 Å². The predicted octanol–water partition coefficient (Wildman–Crippen LogP) is 5.29. The lowest BCUT2D eigenvalue weighted by Crippen LogP contribution is -2.51. The number of para-hydroxylation sites is 2. The van der Waals surface area contributed by atoms with Crippen LogP contribution in [0.3, 0.4) is 0 Å². The van der Waals surface area contributed by atoms with E-state index < -0.39 is 28.8 Å². The van der Waals surface area contributed by atoms with Gasteiger partial charge in [0.1, 0.15) is 11.5 Å². The fourth-order valence-electron chi connectivity index (χ4n) is 6.73. The van der Waals surface area contributed by atoms with Crippen molar-refractivity contribution < 1.29 is 23.9 Å². The molecule has 7 heteroatoms. The van der Waals surface area contributed by atoms with Crippen LogP contribution in [0, 0.1) is 11.3 Å². The molecule has 3 aromatic carbocycles. The Labute approximate surface area is 233 Å². The highest BCUT2D eigenvalue weighted by atomic mass is 16.5. The van der Waals surface area contributed by atoms with Gasteiger partial charge in [-0.1, -0.05) is 69.3 Å². The van der Waals surface area contributed by atoms with E-state index in [9.17, 15) is 14.4 Å². The van der Waals surface area contributed by atoms with Gasteiger partial charge in [-0.05, 0) is 41.5 Å². The van der Waals surface area contributed by atoms with Crippen molar-refractivity contribution in [3.63, 3.8) is 0 Å². The summed E-state index contributed by atoms with van der Waals surface area (Å²) >= 11 is 0. The van der Waals surface area contributed by atoms with Crippen molar-refractivity contribution in [2.45, 2.75) is 38.3 Å². The van der Waals surface area contributed by atoms with Crippen molar-refractivity contribution in [1.29, 1.82) is 0 Å². The quantitative estimate of drug-likeness (QED) is 0.446. The molecule has 0 radical (unpaired) electrons. The molecular formula is C33H32N2O5. The highest BCUT2D eigenvalue weighted by Crippen LogP contribution is 2.58. The van der Waals surface area contributed by atoms with Crippen LogP contribution in [-0.2, 0) is 15.0 Å². The molecule has 6 rings (SSSR count). The Kier molecular flexibility index (Phi) is 5.87. The van der Waals surface area contributed by atoms with Gasteiger partial charge >= 0.3 is 0 Å². The molecule has 0 aromatic heterocycles. The van der Waals surface area contributed by atoms with Crippen LogP contribution in [0.25, 0.3) is 6.08 Å². The number of carbonyl (C=O) groups excluding carboxylic acids is 3. The molecule has 1 fully saturated rings. The van der Waals surface area contributed by atoms with Crippen molar-refractivity contribution in [1.82, 2.24) is 0 Å². The average molecular weight is 537 g/mol. The van der Waals surface area contributed by atoms with Gasteiger partial charge in [-0.2, -0.15) is 0 Å². The Bertz CT molecular complexity index is 1590. The zero-order valence-electron chi connectivity index (χ0n) is 23.2. The highest BCUT2D eigenvalue weighted by molar-refractivity contribution is 6.17. The van der Waals surface area contributed by atoms with Crippen LogP contribution in [0.4, 0.5) is 11.4 Å². The molecular weight excluding hydrogens is 504 g/mol. The summed E-state index contributed by atoms with van der Waals surface area (Å²) in [5.41, 5.74) is 1.39. The van der Waals surface area contributed by atoms with E-state index in [1.165, 1.54) is 14.2 Å². The smallest absolute Gasteiger partial charge is 0.238 e. The number of fused-ring (bicyclic) bond motifs is 6. The summed E-state index contributed by atoms with van der Waals surface area (Å²) in [6.07, 6.45) is 3.98. The molecule has 3 aliphatic heterocycles. The second-order valence-electron chi connectivity index (χ2n) is 11.6. The molecule has 3 aliphatic rings. The zero-order chi connectivity index (χ0) is 28.4. The number of benzene rings is 3. The minimum absolute atomic E-state index is 0.101. The van der Waals surface area contributed by atoms with Gasteiger partial charge in [0, 0.05) is 22.4 Å². The Hall–Kier alpha value is -4.39. The number of hydrogen-bond donors (Lipinski definition) is 1. The fourth-order valence-corrected chi connectivity index (χ4v) is 6.73. The number of ketones is 2. The lowest BCUT2D eigenvalue weighted by atomic mass is 9.63. The molecule has 1 amide bonds. The number of ether oxygens (including phenoxy) is 2. The van der Waals surface area contributed by atoms with Crippen LogP contribution < -0.4 is 19.7 Å². The maximum atomic E-state index is 14.8. The van der Waals surface area contributed by atoms with E-state index in [2.05, 4.69) is 5.32 Å². The number of carbonyl (C=O) groups is 3. The molecule has 0 bridgehead atoms. The topological polar surface area (TPSA) is 84.9 Å². The van der Waals surface area contributed by atoms with Crippen LogP contribution in [0.15, 0.2) is 72.8 Å². The summed E-state index contributed by atoms with van der Waals surface area (Å²) < 4.78 is 10.9. The molecule has 204 valence electrons. The normalized spacial score (nSPS) is 24.3. The largest absolute Gasteiger partial charge is 0.493 e. The highest BCUT2D eigenvalue weighted by Gasteiger charge is 2.70. The third-order valence-corrected chi connectivity index (χ3v) is 8.50. The van der Waals surface area contributed by atoms with Gasteiger partial charge in [0.2, 0.25) is 5.91 Å². The van der Waals surface area contributed by atoms with Crippen LogP contribution >= 0.6 is 0 Å². The van der Waals surface area contributed by atoms with E-state index in [0.29, 0.717) is 22.7 Å². The summed E-state index contributed by atoms with van der Waals surface area (Å²) in [6, 6.07) is 18.8. The lowest BCUT2D eigenvalue weighted by molar-refractivity contribution is -0.128. The number of nitrogens with zero attached hydrogens (tertiary/aromatic N) is 1. The minimum Gasteiger partial charge on any atom is -0.493 e. The van der Waals surface area contributed by atoms with Gasteiger partial charge in [-0.25, -0.2) is 0 Å². The minimum atomic E-state index is -1.34. The van der Waals surface area contributed by atoms with Gasteiger partial charge in [0.15, 0.2) is 23.1 Å². The predicted molar refractivity (Wildman–Crippen MR) is 154 cm³/mol. The Morgan fingerprint density at radius 3 is 2.35 bits per heavy atom. The third kappa shape index (κ3) is 3.46. The average Bonchev–Trinajstić information content (AvgIpc) is 3.43. The van der Waals surface area contributed by atoms with E-state index in [4.69, 9.17) is 9.47 Å². The number of rotatable bonds is 5. The molecule has 0 saturated carbocycles. The molecule has 1 spiro atoms. The van der Waals surface area contributed by atoms with Crippen molar-refractivity contribution in [2.75, 3.05) is 24.4 Å². The first-order chi connectivity index (χ1) is 19.1. The first-order valence-corrected chi connectivity index (χ1v) is 13.4. The maximum absolute atomic E-state index is 14.8.